The summed E-state index contributed by atoms with van der Waals surface area (Å²) in [6.45, 7) is 0.263. The normalized spacial score (nSPS) is 21.5. The van der Waals surface area contributed by atoms with Crippen LogP contribution in [0.25, 0.3) is 0 Å². The van der Waals surface area contributed by atoms with E-state index in [1.165, 1.54) is 12.1 Å². The Morgan fingerprint density at radius 3 is 2.67 bits per heavy atom. The monoisotopic (exact) mass is 336 g/mol. The molecule has 118 valence electrons. The van der Waals surface area contributed by atoms with Crippen LogP contribution in [0.3, 0.4) is 0 Å². The summed E-state index contributed by atoms with van der Waals surface area (Å²) >= 11 is 0. The average molecular weight is 336 g/mol. The van der Waals surface area contributed by atoms with Crippen LogP contribution in [0.4, 0.5) is 4.39 Å². The van der Waals surface area contributed by atoms with Crippen LogP contribution >= 0.6 is 0 Å². The van der Waals surface area contributed by atoms with E-state index in [0.29, 0.717) is 5.56 Å². The van der Waals surface area contributed by atoms with Gasteiger partial charge in [0.05, 0.1) is 16.4 Å². The molecule has 1 aromatic carbocycles. The maximum atomic E-state index is 13.3. The zero-order valence-electron chi connectivity index (χ0n) is 11.5. The SMILES string of the molecule is CNCc1ccc(F)cc1S(=O)(=O)NC1CCS(=O)(=O)C1. The molecule has 9 heteroatoms. The number of sulfonamides is 1. The van der Waals surface area contributed by atoms with E-state index in [2.05, 4.69) is 10.0 Å². The first-order chi connectivity index (χ1) is 9.73. The van der Waals surface area contributed by atoms with Crippen LogP contribution in [-0.4, -0.2) is 41.4 Å². The van der Waals surface area contributed by atoms with E-state index < -0.39 is 31.7 Å². The van der Waals surface area contributed by atoms with Crippen molar-refractivity contribution in [2.75, 3.05) is 18.6 Å². The van der Waals surface area contributed by atoms with Crippen molar-refractivity contribution < 1.29 is 21.2 Å². The van der Waals surface area contributed by atoms with Crippen LogP contribution in [0.15, 0.2) is 23.1 Å². The Hall–Kier alpha value is -1.03. The summed E-state index contributed by atoms with van der Waals surface area (Å²) in [4.78, 5) is -0.166. The van der Waals surface area contributed by atoms with Crippen molar-refractivity contribution in [2.45, 2.75) is 23.9 Å². The van der Waals surface area contributed by atoms with Crippen molar-refractivity contribution in [1.82, 2.24) is 10.0 Å². The Morgan fingerprint density at radius 2 is 2.10 bits per heavy atom. The second-order valence-corrected chi connectivity index (χ2v) is 8.91. The van der Waals surface area contributed by atoms with Crippen LogP contribution in [0.5, 0.6) is 0 Å². The standard InChI is InChI=1S/C12H17FN2O4S2/c1-14-7-9-2-3-10(13)6-12(9)21(18,19)15-11-4-5-20(16,17)8-11/h2-3,6,11,14-15H,4-5,7-8H2,1H3. The predicted molar refractivity (Wildman–Crippen MR) is 76.5 cm³/mol. The molecule has 6 nitrogen and oxygen atoms in total. The molecule has 1 aliphatic rings. The highest BCUT2D eigenvalue weighted by atomic mass is 32.2. The number of hydrogen-bond acceptors (Lipinski definition) is 5. The lowest BCUT2D eigenvalue weighted by molar-refractivity contribution is 0.557. The van der Waals surface area contributed by atoms with Crippen molar-refractivity contribution in [3.63, 3.8) is 0 Å². The first-order valence-corrected chi connectivity index (χ1v) is 9.70. The number of benzene rings is 1. The maximum Gasteiger partial charge on any atom is 0.241 e. The number of nitrogens with one attached hydrogen (secondary N) is 2. The highest BCUT2D eigenvalue weighted by Gasteiger charge is 2.32. The lowest BCUT2D eigenvalue weighted by Crippen LogP contribution is -2.36. The van der Waals surface area contributed by atoms with Gasteiger partial charge in [0.2, 0.25) is 10.0 Å². The molecule has 1 heterocycles. The molecule has 21 heavy (non-hydrogen) atoms. The van der Waals surface area contributed by atoms with Crippen LogP contribution < -0.4 is 10.0 Å². The van der Waals surface area contributed by atoms with Crippen LogP contribution in [0, 0.1) is 5.82 Å². The third kappa shape index (κ3) is 4.00. The fourth-order valence-electron chi connectivity index (χ4n) is 2.29. The van der Waals surface area contributed by atoms with Crippen molar-refractivity contribution in [1.29, 1.82) is 0 Å². The Kier molecular flexibility index (Phi) is 4.66. The topological polar surface area (TPSA) is 92.3 Å². The Bertz CT molecular complexity index is 732. The summed E-state index contributed by atoms with van der Waals surface area (Å²) in [5.41, 5.74) is 0.423. The molecule has 0 amide bonds. The van der Waals surface area contributed by atoms with Gasteiger partial charge in [0.1, 0.15) is 5.82 Å². The van der Waals surface area contributed by atoms with Gasteiger partial charge in [-0.2, -0.15) is 0 Å². The molecule has 0 aromatic heterocycles. The van der Waals surface area contributed by atoms with Gasteiger partial charge in [-0.05, 0) is 31.2 Å². The lowest BCUT2D eigenvalue weighted by atomic mass is 10.2. The highest BCUT2D eigenvalue weighted by Crippen LogP contribution is 2.20. The van der Waals surface area contributed by atoms with Gasteiger partial charge in [-0.15, -0.1) is 0 Å². The molecule has 0 radical (unpaired) electrons. The number of rotatable bonds is 5. The quantitative estimate of drug-likeness (QED) is 0.790. The van der Waals surface area contributed by atoms with Crippen molar-refractivity contribution >= 4 is 19.9 Å². The molecule has 1 atom stereocenters. The van der Waals surface area contributed by atoms with Gasteiger partial charge >= 0.3 is 0 Å². The minimum Gasteiger partial charge on any atom is -0.316 e. The van der Waals surface area contributed by atoms with Gasteiger partial charge < -0.3 is 5.32 Å². The molecule has 2 rings (SSSR count). The zero-order valence-corrected chi connectivity index (χ0v) is 13.1. The summed E-state index contributed by atoms with van der Waals surface area (Å²) in [6.07, 6.45) is 0.234. The first kappa shape index (κ1) is 16.3. The van der Waals surface area contributed by atoms with Gasteiger partial charge in [-0.25, -0.2) is 25.9 Å². The number of sulfone groups is 1. The number of hydrogen-bond donors (Lipinski definition) is 2. The molecule has 1 fully saturated rings. The minimum atomic E-state index is -3.96. The Balaban J connectivity index is 2.29. The van der Waals surface area contributed by atoms with E-state index in [9.17, 15) is 21.2 Å². The maximum absolute atomic E-state index is 13.3. The Labute approximate surface area is 123 Å². The number of halogens is 1. The molecule has 2 N–H and O–H groups in total. The molecule has 1 saturated heterocycles. The van der Waals surface area contributed by atoms with Crippen molar-refractivity contribution in [3.05, 3.63) is 29.6 Å². The summed E-state index contributed by atoms with van der Waals surface area (Å²) in [6, 6.07) is 2.86. The summed E-state index contributed by atoms with van der Waals surface area (Å²) in [5.74, 6) is -0.912. The largest absolute Gasteiger partial charge is 0.316 e. The summed E-state index contributed by atoms with van der Waals surface area (Å²) in [7, 11) is -5.51. The van der Waals surface area contributed by atoms with E-state index in [1.807, 2.05) is 0 Å². The molecular weight excluding hydrogens is 319 g/mol. The van der Waals surface area contributed by atoms with E-state index >= 15 is 0 Å². The van der Waals surface area contributed by atoms with Gasteiger partial charge in [-0.3, -0.25) is 0 Å². The van der Waals surface area contributed by atoms with E-state index in [0.717, 1.165) is 6.07 Å². The van der Waals surface area contributed by atoms with Gasteiger partial charge in [0.25, 0.3) is 0 Å². The van der Waals surface area contributed by atoms with Gasteiger partial charge in [0.15, 0.2) is 9.84 Å². The Morgan fingerprint density at radius 1 is 1.38 bits per heavy atom. The van der Waals surface area contributed by atoms with E-state index in [4.69, 9.17) is 0 Å². The van der Waals surface area contributed by atoms with Crippen molar-refractivity contribution in [3.8, 4) is 0 Å². The molecule has 0 saturated carbocycles. The fraction of sp³-hybridized carbons (Fsp3) is 0.500. The van der Waals surface area contributed by atoms with Gasteiger partial charge in [0, 0.05) is 12.6 Å². The summed E-state index contributed by atoms with van der Waals surface area (Å²) < 4.78 is 63.2. The van der Waals surface area contributed by atoms with E-state index in [-0.39, 0.29) is 29.4 Å². The molecule has 0 spiro atoms. The van der Waals surface area contributed by atoms with Crippen LogP contribution in [-0.2, 0) is 26.4 Å². The summed E-state index contributed by atoms with van der Waals surface area (Å²) in [5, 5.41) is 2.81. The van der Waals surface area contributed by atoms with Crippen molar-refractivity contribution in [2.24, 2.45) is 0 Å². The average Bonchev–Trinajstić information content (AvgIpc) is 2.70. The zero-order chi connectivity index (χ0) is 15.7. The lowest BCUT2D eigenvalue weighted by Gasteiger charge is -2.14. The molecule has 1 aliphatic heterocycles. The van der Waals surface area contributed by atoms with E-state index in [1.54, 1.807) is 7.05 Å². The molecule has 1 aromatic rings. The fourth-order valence-corrected chi connectivity index (χ4v) is 5.58. The second-order valence-electron chi connectivity index (χ2n) is 5.00. The minimum absolute atomic E-state index is 0.0350. The third-order valence-electron chi connectivity index (χ3n) is 3.24. The highest BCUT2D eigenvalue weighted by molar-refractivity contribution is 7.92. The molecule has 1 unspecified atom stereocenters. The van der Waals surface area contributed by atoms with Crippen LogP contribution in [0.1, 0.15) is 12.0 Å². The first-order valence-electron chi connectivity index (χ1n) is 6.39. The third-order valence-corrected chi connectivity index (χ3v) is 6.61. The predicted octanol–water partition coefficient (Wildman–Crippen LogP) is 0.0105. The smallest absolute Gasteiger partial charge is 0.241 e. The second kappa shape index (κ2) is 5.99. The molecule has 0 aliphatic carbocycles. The van der Waals surface area contributed by atoms with Crippen LogP contribution in [0.2, 0.25) is 0 Å². The van der Waals surface area contributed by atoms with Gasteiger partial charge in [-0.1, -0.05) is 6.07 Å². The molecule has 0 bridgehead atoms. The molecular formula is C12H17FN2O4S2.